The van der Waals surface area contributed by atoms with Crippen molar-refractivity contribution in [1.29, 1.82) is 0 Å². The first kappa shape index (κ1) is 22.8. The number of rotatable bonds is 6. The molecule has 0 saturated carbocycles. The summed E-state index contributed by atoms with van der Waals surface area (Å²) < 4.78 is 35.4. The van der Waals surface area contributed by atoms with E-state index in [0.29, 0.717) is 24.5 Å². The highest BCUT2D eigenvalue weighted by Crippen LogP contribution is 2.32. The summed E-state index contributed by atoms with van der Waals surface area (Å²) in [4.78, 5) is 26.7. The highest BCUT2D eigenvalue weighted by atomic mass is 19.1. The molecule has 3 heterocycles. The molecule has 182 valence electrons. The van der Waals surface area contributed by atoms with E-state index in [4.69, 9.17) is 4.74 Å². The number of benzene rings is 2. The normalized spacial score (nSPS) is 19.8. The van der Waals surface area contributed by atoms with Gasteiger partial charge in [-0.25, -0.2) is 13.6 Å². The van der Waals surface area contributed by atoms with Gasteiger partial charge in [0.1, 0.15) is 17.7 Å². The summed E-state index contributed by atoms with van der Waals surface area (Å²) in [5.41, 5.74) is 2.47. The van der Waals surface area contributed by atoms with Crippen molar-refractivity contribution in [2.75, 3.05) is 36.0 Å². The van der Waals surface area contributed by atoms with E-state index >= 15 is 4.39 Å². The van der Waals surface area contributed by atoms with Crippen molar-refractivity contribution in [1.82, 2.24) is 15.1 Å². The number of ether oxygens (including phenoxy) is 1. The first-order valence-electron chi connectivity index (χ1n) is 11.5. The third-order valence-corrected chi connectivity index (χ3v) is 6.32. The molecule has 0 bridgehead atoms. The molecule has 2 fully saturated rings. The van der Waals surface area contributed by atoms with Crippen LogP contribution >= 0.6 is 0 Å². The Morgan fingerprint density at radius 2 is 1.94 bits per heavy atom. The fourth-order valence-electron chi connectivity index (χ4n) is 4.51. The van der Waals surface area contributed by atoms with Gasteiger partial charge in [-0.1, -0.05) is 0 Å². The average molecular weight is 482 g/mol. The lowest BCUT2D eigenvalue weighted by molar-refractivity contribution is -0.119. The van der Waals surface area contributed by atoms with E-state index in [-0.39, 0.29) is 30.9 Å². The molecule has 35 heavy (non-hydrogen) atoms. The molecule has 2 unspecified atom stereocenters. The van der Waals surface area contributed by atoms with Crippen molar-refractivity contribution in [2.24, 2.45) is 0 Å². The lowest BCUT2D eigenvalue weighted by atomic mass is 10.1. The third kappa shape index (κ3) is 4.82. The van der Waals surface area contributed by atoms with E-state index < -0.39 is 18.0 Å². The predicted molar refractivity (Wildman–Crippen MR) is 126 cm³/mol. The number of hydrogen-bond donors (Lipinski definition) is 1. The standard InChI is InChI=1S/C25H25F2N5O3/c1-16(33)28-13-21-15-31(25(34)35-21)19-6-7-24(22(27)12-19)30-10-8-20(14-30)32-11-9-23(29-32)17-2-4-18(26)5-3-17/h2-7,9,11-12,20-21H,8,10,13-15H2,1H3,(H,28,33). The molecule has 2 saturated heterocycles. The first-order chi connectivity index (χ1) is 16.9. The molecule has 10 heteroatoms. The van der Waals surface area contributed by atoms with Gasteiger partial charge in [0.15, 0.2) is 0 Å². The van der Waals surface area contributed by atoms with Crippen LogP contribution < -0.4 is 15.1 Å². The van der Waals surface area contributed by atoms with Gasteiger partial charge in [-0.05, 0) is 55.0 Å². The highest BCUT2D eigenvalue weighted by Gasteiger charge is 2.33. The molecule has 2 amide bonds. The quantitative estimate of drug-likeness (QED) is 0.580. The van der Waals surface area contributed by atoms with Crippen LogP contribution in [0, 0.1) is 11.6 Å². The Kier molecular flexibility index (Phi) is 6.10. The SMILES string of the molecule is CC(=O)NCC1CN(c2ccc(N3CCC(n4ccc(-c5ccc(F)cc5)n4)C3)c(F)c2)C(=O)O1. The number of hydrogen-bond acceptors (Lipinski definition) is 5. The molecule has 3 aromatic rings. The average Bonchev–Trinajstić information content (AvgIpc) is 3.58. The first-order valence-corrected chi connectivity index (χ1v) is 11.5. The largest absolute Gasteiger partial charge is 0.442 e. The summed E-state index contributed by atoms with van der Waals surface area (Å²) in [5.74, 6) is -0.923. The molecule has 1 aromatic heterocycles. The number of carbonyl (C=O) groups is 2. The maximum absolute atomic E-state index is 15.1. The Bertz CT molecular complexity index is 1250. The zero-order valence-corrected chi connectivity index (χ0v) is 19.2. The van der Waals surface area contributed by atoms with Crippen LogP contribution in [0.5, 0.6) is 0 Å². The summed E-state index contributed by atoms with van der Waals surface area (Å²) in [6, 6.07) is 12.9. The van der Waals surface area contributed by atoms with E-state index in [1.165, 1.54) is 30.0 Å². The molecule has 8 nitrogen and oxygen atoms in total. The van der Waals surface area contributed by atoms with E-state index in [1.807, 2.05) is 21.8 Å². The second-order valence-electron chi connectivity index (χ2n) is 8.77. The molecule has 0 aliphatic carbocycles. The number of anilines is 2. The Hall–Kier alpha value is -3.95. The van der Waals surface area contributed by atoms with Crippen molar-refractivity contribution in [3.8, 4) is 11.3 Å². The second-order valence-corrected chi connectivity index (χ2v) is 8.77. The van der Waals surface area contributed by atoms with Crippen molar-refractivity contribution in [3.05, 3.63) is 66.4 Å². The number of nitrogens with zero attached hydrogens (tertiary/aromatic N) is 4. The van der Waals surface area contributed by atoms with Gasteiger partial charge in [0, 0.05) is 31.8 Å². The van der Waals surface area contributed by atoms with Crippen LogP contribution in [0.2, 0.25) is 0 Å². The van der Waals surface area contributed by atoms with Crippen molar-refractivity contribution in [3.63, 3.8) is 0 Å². The Balaban J connectivity index is 1.24. The van der Waals surface area contributed by atoms with Crippen LogP contribution in [0.15, 0.2) is 54.7 Å². The van der Waals surface area contributed by atoms with Crippen LogP contribution in [0.4, 0.5) is 25.0 Å². The minimum atomic E-state index is -0.565. The third-order valence-electron chi connectivity index (χ3n) is 6.32. The van der Waals surface area contributed by atoms with Gasteiger partial charge < -0.3 is 15.0 Å². The topological polar surface area (TPSA) is 79.7 Å². The fraction of sp³-hybridized carbons (Fsp3) is 0.320. The zero-order chi connectivity index (χ0) is 24.5. The smallest absolute Gasteiger partial charge is 0.414 e. The van der Waals surface area contributed by atoms with E-state index in [2.05, 4.69) is 10.4 Å². The minimum absolute atomic E-state index is 0.0753. The molecule has 1 N–H and O–H groups in total. The van der Waals surface area contributed by atoms with Gasteiger partial charge in [0.25, 0.3) is 0 Å². The monoisotopic (exact) mass is 481 g/mol. The zero-order valence-electron chi connectivity index (χ0n) is 19.2. The fourth-order valence-corrected chi connectivity index (χ4v) is 4.51. The van der Waals surface area contributed by atoms with Gasteiger partial charge in [0.05, 0.1) is 36.2 Å². The molecule has 0 radical (unpaired) electrons. The Labute approximate surface area is 201 Å². The Morgan fingerprint density at radius 1 is 1.14 bits per heavy atom. The van der Waals surface area contributed by atoms with Crippen LogP contribution in [0.3, 0.4) is 0 Å². The van der Waals surface area contributed by atoms with E-state index in [0.717, 1.165) is 17.7 Å². The molecule has 2 aliphatic rings. The van der Waals surface area contributed by atoms with Crippen molar-refractivity contribution < 1.29 is 23.1 Å². The maximum atomic E-state index is 15.1. The van der Waals surface area contributed by atoms with Crippen molar-refractivity contribution >= 4 is 23.4 Å². The van der Waals surface area contributed by atoms with Crippen LogP contribution in [0.1, 0.15) is 19.4 Å². The molecule has 2 aromatic carbocycles. The summed E-state index contributed by atoms with van der Waals surface area (Å²) >= 11 is 0. The van der Waals surface area contributed by atoms with Crippen molar-refractivity contribution in [2.45, 2.75) is 25.5 Å². The van der Waals surface area contributed by atoms with Crippen LogP contribution in [-0.2, 0) is 9.53 Å². The van der Waals surface area contributed by atoms with E-state index in [1.54, 1.807) is 24.3 Å². The number of cyclic esters (lactones) is 1. The second kappa shape index (κ2) is 9.36. The summed E-state index contributed by atoms with van der Waals surface area (Å²) in [6.07, 6.45) is 1.64. The summed E-state index contributed by atoms with van der Waals surface area (Å²) in [7, 11) is 0. The number of carbonyl (C=O) groups excluding carboxylic acids is 2. The summed E-state index contributed by atoms with van der Waals surface area (Å²) in [5, 5.41) is 7.26. The number of aromatic nitrogens is 2. The Morgan fingerprint density at radius 3 is 2.69 bits per heavy atom. The van der Waals surface area contributed by atoms with Crippen LogP contribution in [-0.4, -0.2) is 54.1 Å². The van der Waals surface area contributed by atoms with Crippen LogP contribution in [0.25, 0.3) is 11.3 Å². The van der Waals surface area contributed by atoms with Gasteiger partial charge in [-0.3, -0.25) is 14.4 Å². The van der Waals surface area contributed by atoms with Gasteiger partial charge >= 0.3 is 6.09 Å². The van der Waals surface area contributed by atoms with Gasteiger partial charge in [-0.15, -0.1) is 0 Å². The summed E-state index contributed by atoms with van der Waals surface area (Å²) in [6.45, 7) is 3.09. The molecular formula is C25H25F2N5O3. The van der Waals surface area contributed by atoms with Gasteiger partial charge in [-0.2, -0.15) is 5.10 Å². The molecule has 0 spiro atoms. The number of nitrogens with one attached hydrogen (secondary N) is 1. The number of halogens is 2. The lowest BCUT2D eigenvalue weighted by Crippen LogP contribution is -2.33. The lowest BCUT2D eigenvalue weighted by Gasteiger charge is -2.21. The highest BCUT2D eigenvalue weighted by molar-refractivity contribution is 5.90. The molecule has 2 atom stereocenters. The molecule has 5 rings (SSSR count). The van der Waals surface area contributed by atoms with E-state index in [9.17, 15) is 14.0 Å². The minimum Gasteiger partial charge on any atom is -0.442 e. The maximum Gasteiger partial charge on any atom is 0.414 e. The van der Waals surface area contributed by atoms with Gasteiger partial charge in [0.2, 0.25) is 5.91 Å². The predicted octanol–water partition coefficient (Wildman–Crippen LogP) is 3.74. The molecule has 2 aliphatic heterocycles. The number of amides is 2. The molecular weight excluding hydrogens is 456 g/mol.